The van der Waals surface area contributed by atoms with Crippen LogP contribution in [0.25, 0.3) is 0 Å². The van der Waals surface area contributed by atoms with E-state index >= 15 is 0 Å². The Balaban J connectivity index is 1.53. The van der Waals surface area contributed by atoms with Crippen LogP contribution in [0.15, 0.2) is 40.3 Å². The van der Waals surface area contributed by atoms with Crippen molar-refractivity contribution in [2.75, 3.05) is 6.54 Å². The van der Waals surface area contributed by atoms with E-state index in [0.717, 1.165) is 39.5 Å². The summed E-state index contributed by atoms with van der Waals surface area (Å²) in [5, 5.41) is 26.6. The highest BCUT2D eigenvalue weighted by Gasteiger charge is 2.38. The van der Waals surface area contributed by atoms with Crippen LogP contribution in [0.1, 0.15) is 35.0 Å². The van der Waals surface area contributed by atoms with E-state index in [0.29, 0.717) is 12.0 Å². The van der Waals surface area contributed by atoms with Gasteiger partial charge in [-0.1, -0.05) is 0 Å². The van der Waals surface area contributed by atoms with Crippen LogP contribution in [0.2, 0.25) is 0 Å². The fraction of sp³-hybridized carbons (Fsp3) is 0.391. The number of nitrogens with one attached hydrogen (secondary N) is 3. The summed E-state index contributed by atoms with van der Waals surface area (Å²) in [5.41, 5.74) is 2.21. The Kier molecular flexibility index (Phi) is 7.28. The van der Waals surface area contributed by atoms with E-state index in [1.165, 1.54) is 19.1 Å². The van der Waals surface area contributed by atoms with Crippen LogP contribution < -0.4 is 10.6 Å². The van der Waals surface area contributed by atoms with Gasteiger partial charge in [-0.2, -0.15) is 5.10 Å². The third kappa shape index (κ3) is 5.68. The second-order valence-corrected chi connectivity index (χ2v) is 10.3. The Morgan fingerprint density at radius 3 is 2.76 bits per heavy atom. The van der Waals surface area contributed by atoms with Gasteiger partial charge >= 0.3 is 0 Å². The molecule has 1 amide bonds. The van der Waals surface area contributed by atoms with Gasteiger partial charge < -0.3 is 15.7 Å². The molecule has 0 fully saturated rings. The van der Waals surface area contributed by atoms with Crippen molar-refractivity contribution in [3.63, 3.8) is 0 Å². The number of aliphatic hydroxyl groups is 1. The molecule has 3 aromatic rings. The maximum atomic E-state index is 13.7. The molecule has 1 aromatic carbocycles. The lowest BCUT2D eigenvalue weighted by Gasteiger charge is -2.39. The maximum Gasteiger partial charge on any atom is 0.217 e. The van der Waals surface area contributed by atoms with Gasteiger partial charge in [0.1, 0.15) is 11.6 Å². The predicted octanol–water partition coefficient (Wildman–Crippen LogP) is 3.59. The standard InChI is InChI=1S/C23H25BrF2N4O2S/c1-13(31)29-20(6-14-4-17(25)8-18(26)5-14)21(32)11-27-23(22-7-16(24)12-33-22)3-2-19-15(9-23)10-28-30-19/h4-5,7-8,10,12,20-21,27,32H,2-3,6,9,11H2,1H3,(H,28,30)(H,29,31). The topological polar surface area (TPSA) is 90.0 Å². The molecule has 2 aromatic heterocycles. The number of aryl methyl sites for hydroxylation is 1. The molecule has 0 saturated heterocycles. The van der Waals surface area contributed by atoms with Gasteiger partial charge in [-0.05, 0) is 70.9 Å². The number of nitrogens with zero attached hydrogens (tertiary/aromatic N) is 1. The van der Waals surface area contributed by atoms with Gasteiger partial charge in [0.2, 0.25) is 5.91 Å². The van der Waals surface area contributed by atoms with Crippen LogP contribution in [0.5, 0.6) is 0 Å². The quantitative estimate of drug-likeness (QED) is 0.352. The highest BCUT2D eigenvalue weighted by atomic mass is 79.9. The van der Waals surface area contributed by atoms with Gasteiger partial charge in [0.15, 0.2) is 0 Å². The van der Waals surface area contributed by atoms with Crippen molar-refractivity contribution in [2.45, 2.75) is 50.3 Å². The zero-order valence-corrected chi connectivity index (χ0v) is 20.4. The Morgan fingerprint density at radius 2 is 2.09 bits per heavy atom. The van der Waals surface area contributed by atoms with Crippen molar-refractivity contribution < 1.29 is 18.7 Å². The van der Waals surface area contributed by atoms with Crippen LogP contribution in [-0.4, -0.2) is 39.9 Å². The molecule has 1 aliphatic carbocycles. The Labute approximate surface area is 202 Å². The number of benzene rings is 1. The number of aromatic nitrogens is 2. The maximum absolute atomic E-state index is 13.7. The summed E-state index contributed by atoms with van der Waals surface area (Å²) >= 11 is 5.17. The van der Waals surface area contributed by atoms with E-state index in [9.17, 15) is 18.7 Å². The van der Waals surface area contributed by atoms with Gasteiger partial charge in [-0.25, -0.2) is 8.78 Å². The van der Waals surface area contributed by atoms with E-state index in [1.807, 2.05) is 11.6 Å². The fourth-order valence-electron chi connectivity index (χ4n) is 4.44. The minimum atomic E-state index is -0.980. The lowest BCUT2D eigenvalue weighted by Crippen LogP contribution is -2.54. The number of H-pyrrole nitrogens is 1. The number of hydrogen-bond donors (Lipinski definition) is 4. The van der Waals surface area contributed by atoms with Crippen molar-refractivity contribution in [1.29, 1.82) is 0 Å². The van der Waals surface area contributed by atoms with Crippen LogP contribution in [0.3, 0.4) is 0 Å². The number of hydrogen-bond acceptors (Lipinski definition) is 5. The summed E-state index contributed by atoms with van der Waals surface area (Å²) in [5.74, 6) is -1.72. The molecule has 0 bridgehead atoms. The van der Waals surface area contributed by atoms with E-state index in [4.69, 9.17) is 0 Å². The number of halogens is 3. The summed E-state index contributed by atoms with van der Waals surface area (Å²) in [6.07, 6.45) is 3.28. The fourth-order valence-corrected chi connectivity index (χ4v) is 6.08. The normalized spacial score (nSPS) is 19.7. The van der Waals surface area contributed by atoms with Crippen LogP contribution in [-0.2, 0) is 29.6 Å². The monoisotopic (exact) mass is 538 g/mol. The lowest BCUT2D eigenvalue weighted by molar-refractivity contribution is -0.120. The summed E-state index contributed by atoms with van der Waals surface area (Å²) < 4.78 is 28.3. The number of rotatable bonds is 8. The van der Waals surface area contributed by atoms with Crippen LogP contribution in [0, 0.1) is 11.6 Å². The molecule has 4 rings (SSSR count). The first-order chi connectivity index (χ1) is 15.7. The molecule has 176 valence electrons. The molecule has 4 N–H and O–H groups in total. The van der Waals surface area contributed by atoms with E-state index < -0.39 is 29.3 Å². The molecule has 6 nitrogen and oxygen atoms in total. The van der Waals surface area contributed by atoms with Gasteiger partial charge in [0, 0.05) is 40.0 Å². The minimum Gasteiger partial charge on any atom is -0.390 e. The molecule has 0 saturated carbocycles. The first-order valence-corrected chi connectivity index (χ1v) is 12.3. The zero-order chi connectivity index (χ0) is 23.6. The van der Waals surface area contributed by atoms with E-state index in [2.05, 4.69) is 42.8 Å². The van der Waals surface area contributed by atoms with Gasteiger partial charge in [0.25, 0.3) is 0 Å². The second-order valence-electron chi connectivity index (χ2n) is 8.50. The number of fused-ring (bicyclic) bond motifs is 1. The molecule has 0 aliphatic heterocycles. The highest BCUT2D eigenvalue weighted by molar-refractivity contribution is 9.10. The summed E-state index contributed by atoms with van der Waals surface area (Å²) in [6.45, 7) is 1.54. The number of aliphatic hydroxyl groups excluding tert-OH is 1. The molecule has 2 heterocycles. The minimum absolute atomic E-state index is 0.0978. The van der Waals surface area contributed by atoms with Crippen LogP contribution in [0.4, 0.5) is 8.78 Å². The van der Waals surface area contributed by atoms with Crippen LogP contribution >= 0.6 is 27.3 Å². The van der Waals surface area contributed by atoms with Crippen molar-refractivity contribution in [2.24, 2.45) is 0 Å². The molecule has 0 radical (unpaired) electrons. The molecule has 33 heavy (non-hydrogen) atoms. The second kappa shape index (κ2) is 10.0. The smallest absolute Gasteiger partial charge is 0.217 e. The summed E-state index contributed by atoms with van der Waals surface area (Å²) in [7, 11) is 0. The van der Waals surface area contributed by atoms with Crippen molar-refractivity contribution in [3.8, 4) is 0 Å². The predicted molar refractivity (Wildman–Crippen MR) is 126 cm³/mol. The van der Waals surface area contributed by atoms with E-state index in [-0.39, 0.29) is 18.9 Å². The number of carbonyl (C=O) groups excluding carboxylic acids is 1. The first-order valence-electron chi connectivity index (χ1n) is 10.6. The molecular weight excluding hydrogens is 514 g/mol. The van der Waals surface area contributed by atoms with E-state index in [1.54, 1.807) is 11.3 Å². The van der Waals surface area contributed by atoms with Gasteiger partial charge in [-0.3, -0.25) is 9.89 Å². The third-order valence-electron chi connectivity index (χ3n) is 6.02. The number of thiophene rings is 1. The Hall–Kier alpha value is -2.14. The Bertz CT molecular complexity index is 1120. The third-order valence-corrected chi connectivity index (χ3v) is 7.92. The zero-order valence-electron chi connectivity index (χ0n) is 18.0. The average Bonchev–Trinajstić information content (AvgIpc) is 3.39. The average molecular weight is 539 g/mol. The number of amides is 1. The van der Waals surface area contributed by atoms with Crippen molar-refractivity contribution >= 4 is 33.2 Å². The number of carbonyl (C=O) groups is 1. The molecule has 1 aliphatic rings. The van der Waals surface area contributed by atoms with Crippen molar-refractivity contribution in [1.82, 2.24) is 20.8 Å². The summed E-state index contributed by atoms with van der Waals surface area (Å²) in [4.78, 5) is 12.9. The first kappa shape index (κ1) is 24.0. The van der Waals surface area contributed by atoms with Gasteiger partial charge in [0.05, 0.1) is 23.9 Å². The number of aromatic amines is 1. The Morgan fingerprint density at radius 1 is 1.33 bits per heavy atom. The molecule has 10 heteroatoms. The molecule has 0 spiro atoms. The van der Waals surface area contributed by atoms with Gasteiger partial charge in [-0.15, -0.1) is 11.3 Å². The molecule has 3 unspecified atom stereocenters. The lowest BCUT2D eigenvalue weighted by atomic mass is 9.79. The largest absolute Gasteiger partial charge is 0.390 e. The molecular formula is C23H25BrF2N4O2S. The molecule has 3 atom stereocenters. The highest BCUT2D eigenvalue weighted by Crippen LogP contribution is 2.39. The SMILES string of the molecule is CC(=O)NC(Cc1cc(F)cc(F)c1)C(O)CNC1(c2cc(Br)cs2)CCc2[nH]ncc2C1. The van der Waals surface area contributed by atoms with Crippen molar-refractivity contribution in [3.05, 3.63) is 73.6 Å². The summed E-state index contributed by atoms with van der Waals surface area (Å²) in [6, 6.07) is 4.59.